The molecule has 0 aromatic rings. The number of ketones is 2. The predicted octanol–water partition coefficient (Wildman–Crippen LogP) is 2.67. The van der Waals surface area contributed by atoms with Crippen LogP contribution >= 0.6 is 0 Å². The number of carbonyl (C=O) groups is 2. The van der Waals surface area contributed by atoms with Crippen LogP contribution in [0.4, 0.5) is 0 Å². The van der Waals surface area contributed by atoms with Crippen molar-refractivity contribution in [2.24, 2.45) is 34.5 Å². The highest BCUT2D eigenvalue weighted by Gasteiger charge is 2.63. The van der Waals surface area contributed by atoms with Gasteiger partial charge in [0.25, 0.3) is 0 Å². The molecule has 0 radical (unpaired) electrons. The highest BCUT2D eigenvalue weighted by Crippen LogP contribution is 2.66. The second-order valence-electron chi connectivity index (χ2n) is 9.55. The first-order chi connectivity index (χ1) is 11.7. The Bertz CT molecular complexity index is 652. The largest absolute Gasteiger partial charge is 0.393 e. The summed E-state index contributed by atoms with van der Waals surface area (Å²) < 4.78 is 0. The van der Waals surface area contributed by atoms with Crippen LogP contribution in [0.3, 0.4) is 0 Å². The van der Waals surface area contributed by atoms with Gasteiger partial charge in [0, 0.05) is 12.3 Å². The van der Waals surface area contributed by atoms with Gasteiger partial charge in [-0.1, -0.05) is 13.8 Å². The lowest BCUT2D eigenvalue weighted by molar-refractivity contribution is -0.152. The third-order valence-corrected chi connectivity index (χ3v) is 8.40. The Morgan fingerprint density at radius 2 is 1.96 bits per heavy atom. The van der Waals surface area contributed by atoms with Gasteiger partial charge < -0.3 is 10.2 Å². The van der Waals surface area contributed by atoms with Crippen LogP contribution in [0.1, 0.15) is 59.3 Å². The molecule has 8 atom stereocenters. The fraction of sp³-hybridized carbons (Fsp3) is 0.810. The van der Waals surface area contributed by atoms with Gasteiger partial charge in [0.05, 0.1) is 12.2 Å². The van der Waals surface area contributed by atoms with E-state index in [1.807, 2.05) is 0 Å². The maximum absolute atomic E-state index is 12.2. The van der Waals surface area contributed by atoms with E-state index in [2.05, 4.69) is 13.8 Å². The van der Waals surface area contributed by atoms with Crippen molar-refractivity contribution in [2.75, 3.05) is 0 Å². The predicted molar refractivity (Wildman–Crippen MR) is 93.7 cm³/mol. The molecule has 4 heteroatoms. The second-order valence-corrected chi connectivity index (χ2v) is 9.55. The van der Waals surface area contributed by atoms with Gasteiger partial charge in [0.15, 0.2) is 5.78 Å². The van der Waals surface area contributed by atoms with E-state index in [4.69, 9.17) is 0 Å². The van der Waals surface area contributed by atoms with Gasteiger partial charge in [0.1, 0.15) is 5.78 Å². The average Bonchev–Trinajstić information content (AvgIpc) is 2.85. The summed E-state index contributed by atoms with van der Waals surface area (Å²) >= 11 is 0. The van der Waals surface area contributed by atoms with Crippen LogP contribution in [0.2, 0.25) is 0 Å². The van der Waals surface area contributed by atoms with Crippen molar-refractivity contribution in [2.45, 2.75) is 71.5 Å². The second kappa shape index (κ2) is 5.50. The molecule has 0 aromatic heterocycles. The van der Waals surface area contributed by atoms with Crippen LogP contribution in [-0.2, 0) is 9.59 Å². The van der Waals surface area contributed by atoms with E-state index in [0.717, 1.165) is 18.4 Å². The molecule has 4 aliphatic rings. The molecule has 25 heavy (non-hydrogen) atoms. The number of carbonyl (C=O) groups excluding carboxylic acids is 2. The summed E-state index contributed by atoms with van der Waals surface area (Å²) in [5, 5.41) is 22.0. The molecule has 0 amide bonds. The van der Waals surface area contributed by atoms with E-state index in [1.54, 1.807) is 13.0 Å². The zero-order chi connectivity index (χ0) is 18.1. The molecule has 0 aliphatic heterocycles. The molecule has 3 fully saturated rings. The Morgan fingerprint density at radius 3 is 2.64 bits per heavy atom. The summed E-state index contributed by atoms with van der Waals surface area (Å²) in [5.74, 6) is 1.05. The number of rotatable bonds is 1. The Hall–Kier alpha value is -1.00. The lowest BCUT2D eigenvalue weighted by Gasteiger charge is -2.60. The molecular formula is C21H30O4. The van der Waals surface area contributed by atoms with E-state index in [9.17, 15) is 19.8 Å². The van der Waals surface area contributed by atoms with Gasteiger partial charge in [-0.25, -0.2) is 0 Å². The van der Waals surface area contributed by atoms with Crippen LogP contribution in [-0.4, -0.2) is 34.0 Å². The van der Waals surface area contributed by atoms with E-state index in [-0.39, 0.29) is 40.2 Å². The first kappa shape index (κ1) is 17.4. The van der Waals surface area contributed by atoms with Gasteiger partial charge in [0.2, 0.25) is 0 Å². The maximum Gasteiger partial charge on any atom is 0.155 e. The van der Waals surface area contributed by atoms with Gasteiger partial charge >= 0.3 is 0 Å². The highest BCUT2D eigenvalue weighted by molar-refractivity contribution is 5.92. The summed E-state index contributed by atoms with van der Waals surface area (Å²) in [6.07, 6.45) is 4.99. The summed E-state index contributed by atoms with van der Waals surface area (Å²) in [6.45, 7) is 6.00. The number of hydrogen-bond acceptors (Lipinski definition) is 4. The molecule has 0 bridgehead atoms. The minimum atomic E-state index is -0.596. The lowest BCUT2D eigenvalue weighted by atomic mass is 9.45. The Balaban J connectivity index is 1.76. The molecule has 0 heterocycles. The van der Waals surface area contributed by atoms with Crippen LogP contribution in [0.15, 0.2) is 11.6 Å². The molecule has 0 saturated heterocycles. The van der Waals surface area contributed by atoms with Crippen molar-refractivity contribution < 1.29 is 19.8 Å². The SMILES string of the molecule is CC(=O)[C@@H]1CC[C@@H]2[C@@H]3C[C@H](O)C4=CC(=O)CC[C@]4(C)[C@H]3[C@H](O)C[C@]21C. The van der Waals surface area contributed by atoms with Crippen molar-refractivity contribution in [1.29, 1.82) is 0 Å². The van der Waals surface area contributed by atoms with E-state index in [0.29, 0.717) is 31.6 Å². The first-order valence-corrected chi connectivity index (χ1v) is 9.80. The topological polar surface area (TPSA) is 74.6 Å². The molecule has 3 saturated carbocycles. The molecule has 4 nitrogen and oxygen atoms in total. The monoisotopic (exact) mass is 346 g/mol. The summed E-state index contributed by atoms with van der Waals surface area (Å²) in [6, 6.07) is 0. The third-order valence-electron chi connectivity index (χ3n) is 8.40. The minimum absolute atomic E-state index is 0.0305. The summed E-state index contributed by atoms with van der Waals surface area (Å²) in [4.78, 5) is 24.1. The van der Waals surface area contributed by atoms with Gasteiger partial charge in [-0.3, -0.25) is 9.59 Å². The van der Waals surface area contributed by atoms with Gasteiger partial charge in [-0.15, -0.1) is 0 Å². The normalized spacial score (nSPS) is 52.0. The van der Waals surface area contributed by atoms with Crippen LogP contribution in [0.5, 0.6) is 0 Å². The lowest BCUT2D eigenvalue weighted by Crippen LogP contribution is -2.59. The minimum Gasteiger partial charge on any atom is -0.393 e. The average molecular weight is 346 g/mol. The number of aliphatic hydroxyl groups excluding tert-OH is 2. The van der Waals surface area contributed by atoms with E-state index in [1.165, 1.54) is 0 Å². The molecular weight excluding hydrogens is 316 g/mol. The number of hydrogen-bond donors (Lipinski definition) is 2. The van der Waals surface area contributed by atoms with E-state index >= 15 is 0 Å². The maximum atomic E-state index is 12.2. The standard InChI is InChI=1S/C21H30O4/c1-11(22)14-4-5-15-13-9-17(24)16-8-12(23)6-7-20(16,2)19(13)18(25)10-21(14,15)3/h8,13-15,17-19,24-25H,4-7,9-10H2,1-3H3/t13-,14-,15+,17-,18+,19+,20-,21-/m0/s1. The van der Waals surface area contributed by atoms with Crippen molar-refractivity contribution >= 4 is 11.6 Å². The Kier molecular flexibility index (Phi) is 3.83. The highest BCUT2D eigenvalue weighted by atomic mass is 16.3. The zero-order valence-electron chi connectivity index (χ0n) is 15.5. The van der Waals surface area contributed by atoms with Crippen LogP contribution < -0.4 is 0 Å². The van der Waals surface area contributed by atoms with Crippen molar-refractivity contribution in [3.8, 4) is 0 Å². The Labute approximate surface area is 149 Å². The number of fused-ring (bicyclic) bond motifs is 5. The molecule has 0 aromatic carbocycles. The van der Waals surface area contributed by atoms with Gasteiger partial charge in [-0.05, 0) is 79.3 Å². The summed E-state index contributed by atoms with van der Waals surface area (Å²) in [7, 11) is 0. The first-order valence-electron chi connectivity index (χ1n) is 9.80. The molecule has 4 aliphatic carbocycles. The fourth-order valence-electron chi connectivity index (χ4n) is 7.41. The third kappa shape index (κ3) is 2.26. The van der Waals surface area contributed by atoms with Crippen LogP contribution in [0.25, 0.3) is 0 Å². The molecule has 4 rings (SSSR count). The molecule has 0 spiro atoms. The smallest absolute Gasteiger partial charge is 0.155 e. The van der Waals surface area contributed by atoms with Gasteiger partial charge in [-0.2, -0.15) is 0 Å². The summed E-state index contributed by atoms with van der Waals surface area (Å²) in [5.41, 5.74) is 0.383. The van der Waals surface area contributed by atoms with Crippen molar-refractivity contribution in [1.82, 2.24) is 0 Å². The molecule has 138 valence electrons. The fourth-order valence-corrected chi connectivity index (χ4v) is 7.41. The van der Waals surface area contributed by atoms with Crippen LogP contribution in [0, 0.1) is 34.5 Å². The number of Topliss-reactive ketones (excluding diaryl/α,β-unsaturated/α-hetero) is 1. The number of aliphatic hydroxyl groups is 2. The quantitative estimate of drug-likeness (QED) is 0.765. The van der Waals surface area contributed by atoms with Crippen molar-refractivity contribution in [3.05, 3.63) is 11.6 Å². The molecule has 2 N–H and O–H groups in total. The van der Waals surface area contributed by atoms with Crippen molar-refractivity contribution in [3.63, 3.8) is 0 Å². The molecule has 0 unspecified atom stereocenters. The zero-order valence-corrected chi connectivity index (χ0v) is 15.5. The van der Waals surface area contributed by atoms with E-state index < -0.39 is 12.2 Å². The Morgan fingerprint density at radius 1 is 1.24 bits per heavy atom.